The summed E-state index contributed by atoms with van der Waals surface area (Å²) in [6.07, 6.45) is 85.1. The van der Waals surface area contributed by atoms with E-state index in [0.717, 1.165) is 55.3 Å². The molecule has 0 bridgehead atoms. The van der Waals surface area contributed by atoms with Gasteiger partial charge in [-0.1, -0.05) is 349 Å². The van der Waals surface area contributed by atoms with E-state index < -0.39 is 0 Å². The first kappa shape index (κ1) is 74.7. The maximum absolute atomic E-state index is 2.46. The molecular formula is C104H126. The molecule has 11 aliphatic carbocycles. The van der Waals surface area contributed by atoms with E-state index in [2.05, 4.69) is 260 Å². The normalized spacial score (nSPS) is 22.1. The topological polar surface area (TPSA) is 0 Å². The molecule has 0 heteroatoms. The van der Waals surface area contributed by atoms with Crippen LogP contribution in [-0.2, 0) is 57.8 Å². The second-order valence-corrected chi connectivity index (χ2v) is 33.4. The molecule has 3 saturated carbocycles. The highest BCUT2D eigenvalue weighted by Crippen LogP contribution is 2.46. The number of rotatable bonds is 23. The van der Waals surface area contributed by atoms with Crippen molar-refractivity contribution >= 4 is 11.1 Å². The molecule has 16 rings (SSSR count). The summed E-state index contributed by atoms with van der Waals surface area (Å²) >= 11 is 0. The van der Waals surface area contributed by atoms with E-state index in [1.165, 1.54) is 286 Å². The molecular weight excluding hydrogens is 1250 g/mol. The van der Waals surface area contributed by atoms with Crippen LogP contribution >= 0.6 is 0 Å². The zero-order valence-electron chi connectivity index (χ0n) is 65.0. The average molecular weight is 1380 g/mol. The minimum absolute atomic E-state index is 0.395. The number of benzene rings is 5. The van der Waals surface area contributed by atoms with E-state index in [4.69, 9.17) is 0 Å². The predicted molar refractivity (Wildman–Crippen MR) is 450 cm³/mol. The molecule has 0 nitrogen and oxygen atoms in total. The third-order valence-corrected chi connectivity index (χ3v) is 25.5. The number of unbranched alkanes of at least 4 members (excludes halogenated alkanes) is 2. The van der Waals surface area contributed by atoms with Gasteiger partial charge in [0.05, 0.1) is 0 Å². The van der Waals surface area contributed by atoms with Gasteiger partial charge in [-0.15, -0.1) is 0 Å². The summed E-state index contributed by atoms with van der Waals surface area (Å²) in [4.78, 5) is 0. The predicted octanol–water partition coefficient (Wildman–Crippen LogP) is 28.2. The molecule has 0 saturated heterocycles. The smallest absolute Gasteiger partial charge is 0.0281 e. The maximum Gasteiger partial charge on any atom is 0.0281 e. The van der Waals surface area contributed by atoms with Crippen molar-refractivity contribution < 1.29 is 0 Å². The average Bonchev–Trinajstić information content (AvgIpc) is 1.52. The highest BCUT2D eigenvalue weighted by atomic mass is 14.4. The molecule has 3 fully saturated rings. The summed E-state index contributed by atoms with van der Waals surface area (Å²) in [5.74, 6) is 6.20. The Kier molecular flexibility index (Phi) is 27.0. The van der Waals surface area contributed by atoms with Crippen LogP contribution in [0.3, 0.4) is 0 Å². The Labute approximate surface area is 631 Å². The van der Waals surface area contributed by atoms with Crippen LogP contribution in [0.25, 0.3) is 11.1 Å². The summed E-state index contributed by atoms with van der Waals surface area (Å²) in [6, 6.07) is 42.4. The molecule has 0 N–H and O–H groups in total. The molecule has 0 radical (unpaired) electrons. The third kappa shape index (κ3) is 19.7. The second-order valence-electron chi connectivity index (χ2n) is 33.4. The first-order chi connectivity index (χ1) is 51.1. The van der Waals surface area contributed by atoms with Crippen LogP contribution in [-0.4, -0.2) is 0 Å². The first-order valence-corrected chi connectivity index (χ1v) is 42.3. The van der Waals surface area contributed by atoms with E-state index in [1.54, 1.807) is 16.7 Å². The van der Waals surface area contributed by atoms with Crippen molar-refractivity contribution in [3.8, 4) is 0 Å². The van der Waals surface area contributed by atoms with Crippen LogP contribution < -0.4 is 0 Å². The van der Waals surface area contributed by atoms with E-state index in [1.807, 2.05) is 0 Å². The van der Waals surface area contributed by atoms with Gasteiger partial charge in [-0.2, -0.15) is 0 Å². The van der Waals surface area contributed by atoms with Gasteiger partial charge in [0.2, 0.25) is 0 Å². The van der Waals surface area contributed by atoms with Gasteiger partial charge in [-0.25, -0.2) is 0 Å². The fraction of sp³-hybridized carbons (Fsp3) is 0.442. The Hall–Kier alpha value is -7.54. The van der Waals surface area contributed by atoms with Crippen molar-refractivity contribution in [2.24, 2.45) is 47.3 Å². The van der Waals surface area contributed by atoms with Gasteiger partial charge in [-0.05, 0) is 268 Å². The third-order valence-electron chi connectivity index (χ3n) is 25.5. The highest BCUT2D eigenvalue weighted by molar-refractivity contribution is 5.80. The molecule has 0 aromatic heterocycles. The van der Waals surface area contributed by atoms with Crippen LogP contribution in [0.4, 0.5) is 0 Å². The zero-order valence-corrected chi connectivity index (χ0v) is 65.0. The lowest BCUT2D eigenvalue weighted by molar-refractivity contribution is 0.167. The minimum atomic E-state index is 0.395. The molecule has 104 heavy (non-hydrogen) atoms. The second kappa shape index (κ2) is 37.6. The van der Waals surface area contributed by atoms with Gasteiger partial charge in [0.25, 0.3) is 0 Å². The number of fused-ring (bicyclic) bond motifs is 4. The number of aryl methyl sites for hydroxylation is 6. The van der Waals surface area contributed by atoms with Crippen LogP contribution in [0.2, 0.25) is 0 Å². The van der Waals surface area contributed by atoms with Crippen LogP contribution in [0.1, 0.15) is 249 Å². The molecule has 5 aromatic carbocycles. The summed E-state index contributed by atoms with van der Waals surface area (Å²) in [5.41, 5.74) is 32.2. The lowest BCUT2D eigenvalue weighted by Gasteiger charge is -2.36. The van der Waals surface area contributed by atoms with Gasteiger partial charge in [-0.3, -0.25) is 0 Å². The Morgan fingerprint density at radius 1 is 0.404 bits per heavy atom. The van der Waals surface area contributed by atoms with Crippen molar-refractivity contribution in [2.45, 2.75) is 247 Å². The van der Waals surface area contributed by atoms with Crippen molar-refractivity contribution in [3.63, 3.8) is 0 Å². The van der Waals surface area contributed by atoms with Crippen LogP contribution in [0.5, 0.6) is 0 Å². The van der Waals surface area contributed by atoms with E-state index in [9.17, 15) is 0 Å². The van der Waals surface area contributed by atoms with Crippen molar-refractivity contribution in [1.82, 2.24) is 0 Å². The van der Waals surface area contributed by atoms with E-state index >= 15 is 0 Å². The molecule has 3 atom stereocenters. The minimum Gasteiger partial charge on any atom is -0.0836 e. The Morgan fingerprint density at radius 2 is 0.923 bits per heavy atom. The molecule has 3 unspecified atom stereocenters. The van der Waals surface area contributed by atoms with Gasteiger partial charge < -0.3 is 0 Å². The van der Waals surface area contributed by atoms with E-state index in [0.29, 0.717) is 17.8 Å². The zero-order chi connectivity index (χ0) is 71.4. The lowest BCUT2D eigenvalue weighted by Crippen LogP contribution is -2.24. The molecule has 0 amide bonds. The van der Waals surface area contributed by atoms with Crippen molar-refractivity contribution in [2.75, 3.05) is 0 Å². The van der Waals surface area contributed by atoms with Crippen molar-refractivity contribution in [3.05, 3.63) is 330 Å². The lowest BCUT2D eigenvalue weighted by atomic mass is 9.70. The SMILES string of the molecule is C1=CC2C(=C1)C(Cc1ccc(CCCCCC3CCCC3)cc1)=CC=C2c1ccc2c(c1)CCC2.C1=CC2C(C3=CCCC=C3)=CC=C(Cc3ccc(CC4CCC(C5CCCCC5)CC4)cc3)C2=C1.CCCC(C)C.CCCc1ccc(CC2=CC=C(c3ccc(C)c(CC)c3)C3C=CC=C23)cc1. The monoisotopic (exact) mass is 1370 g/mol. The van der Waals surface area contributed by atoms with Gasteiger partial charge >= 0.3 is 0 Å². The van der Waals surface area contributed by atoms with Gasteiger partial charge in [0.1, 0.15) is 0 Å². The van der Waals surface area contributed by atoms with E-state index in [-0.39, 0.29) is 0 Å². The Balaban J connectivity index is 0.000000134. The molecule has 11 aliphatic rings. The molecule has 5 aromatic rings. The summed E-state index contributed by atoms with van der Waals surface area (Å²) in [7, 11) is 0. The Bertz CT molecular complexity index is 4140. The molecule has 542 valence electrons. The fourth-order valence-electron chi connectivity index (χ4n) is 19.5. The fourth-order valence-corrected chi connectivity index (χ4v) is 19.5. The van der Waals surface area contributed by atoms with Crippen LogP contribution in [0.15, 0.2) is 263 Å². The Morgan fingerprint density at radius 3 is 1.47 bits per heavy atom. The number of hydrogen-bond donors (Lipinski definition) is 0. The van der Waals surface area contributed by atoms with Gasteiger partial charge in [0, 0.05) is 17.8 Å². The largest absolute Gasteiger partial charge is 0.0836 e. The number of hydrogen-bond acceptors (Lipinski definition) is 0. The first-order valence-electron chi connectivity index (χ1n) is 42.3. The standard InChI is InChI=1S/C35H42.C35H40.C28H30.C6H14/c1-3-8-29(9-4-1)30-20-18-27(19-21-30)24-26-14-16-28(17-15-26)25-32-22-23-34(31-10-5-2-6-11-31)35-13-7-12-33(32)35;1(2-8-26-10-4-5-11-26)3-9-27-16-18-28(19-17-27)24-31-22-23-34(35-15-7-14-33(31)35)32-21-20-29-12-6-13-30(29)25-32;1-4-7-21-11-13-22(14-12-21)18-24-16-17-27(28-9-6-8-26(24)28)25-15-10-20(3)23(5-2)19-25;1-4-5-6(2)3/h5,7,10-17,22-23,27,29-30,35H,1-4,6,8-9,18-21,24-25H2;7,14-23,25-26,35H,1-6,8-13,24H2;6,8-17,19,28H,4-5,7,18H2,1-3H3;6H,4-5H2,1-3H3. The quantitative estimate of drug-likeness (QED) is 0.0572. The molecule has 0 heterocycles. The highest BCUT2D eigenvalue weighted by Gasteiger charge is 2.32. The van der Waals surface area contributed by atoms with Crippen molar-refractivity contribution in [1.29, 1.82) is 0 Å². The maximum atomic E-state index is 2.46. The van der Waals surface area contributed by atoms with Gasteiger partial charge in [0.15, 0.2) is 0 Å². The molecule has 0 spiro atoms. The van der Waals surface area contributed by atoms with Crippen LogP contribution in [0, 0.1) is 54.3 Å². The summed E-state index contributed by atoms with van der Waals surface area (Å²) in [6.45, 7) is 13.4. The summed E-state index contributed by atoms with van der Waals surface area (Å²) in [5, 5.41) is 0. The molecule has 0 aliphatic heterocycles. The summed E-state index contributed by atoms with van der Waals surface area (Å²) < 4.78 is 0. The number of allylic oxidation sites excluding steroid dienone is 28.